The molecule has 8 heteroatoms. The first-order chi connectivity index (χ1) is 9.77. The monoisotopic (exact) mass is 397 g/mol. The van der Waals surface area contributed by atoms with Crippen molar-refractivity contribution in [2.24, 2.45) is 0 Å². The van der Waals surface area contributed by atoms with Gasteiger partial charge in [0.25, 0.3) is 5.91 Å². The second kappa shape index (κ2) is 6.37. The van der Waals surface area contributed by atoms with Crippen LogP contribution >= 0.6 is 38.9 Å². The second-order valence-electron chi connectivity index (χ2n) is 4.08. The molecule has 2 aromatic rings. The predicted octanol–water partition coefficient (Wildman–Crippen LogP) is 5.11. The van der Waals surface area contributed by atoms with Gasteiger partial charge in [-0.15, -0.1) is 11.3 Å². The zero-order chi connectivity index (χ0) is 15.6. The Bertz CT molecular complexity index is 672. The summed E-state index contributed by atoms with van der Waals surface area (Å²) < 4.78 is 38.8. The van der Waals surface area contributed by atoms with Gasteiger partial charge in [0, 0.05) is 14.9 Å². The molecule has 1 amide bonds. The smallest absolute Gasteiger partial charge is 0.347 e. The Balaban J connectivity index is 2.12. The molecular weight excluding hydrogens is 391 g/mol. The number of nitrogens with one attached hydrogen (secondary N) is 1. The maximum atomic E-state index is 12.8. The van der Waals surface area contributed by atoms with Crippen molar-refractivity contribution in [2.45, 2.75) is 12.7 Å². The van der Waals surface area contributed by atoms with Crippen LogP contribution < -0.4 is 5.32 Å². The average molecular weight is 399 g/mol. The lowest BCUT2D eigenvalue weighted by Gasteiger charge is -2.11. The number of benzene rings is 1. The van der Waals surface area contributed by atoms with E-state index in [0.717, 1.165) is 10.9 Å². The van der Waals surface area contributed by atoms with Gasteiger partial charge in [-0.25, -0.2) is 0 Å². The Morgan fingerprint density at radius 1 is 1.29 bits per heavy atom. The van der Waals surface area contributed by atoms with Gasteiger partial charge in [0.05, 0.1) is 16.4 Å². The molecule has 0 saturated carbocycles. The molecule has 0 atom stereocenters. The zero-order valence-corrected chi connectivity index (χ0v) is 13.5. The van der Waals surface area contributed by atoms with Crippen molar-refractivity contribution in [3.63, 3.8) is 0 Å². The molecule has 1 heterocycles. The summed E-state index contributed by atoms with van der Waals surface area (Å²) >= 11 is 9.88. The molecule has 1 N–H and O–H groups in total. The van der Waals surface area contributed by atoms with Crippen LogP contribution in [0.2, 0.25) is 4.34 Å². The van der Waals surface area contributed by atoms with Gasteiger partial charge >= 0.3 is 6.18 Å². The summed E-state index contributed by atoms with van der Waals surface area (Å²) in [6.45, 7) is 0.216. The molecule has 1 aromatic carbocycles. The summed E-state index contributed by atoms with van der Waals surface area (Å²) in [5.41, 5.74) is -0.928. The number of hydrogen-bond acceptors (Lipinski definition) is 2. The first-order valence-electron chi connectivity index (χ1n) is 5.66. The minimum absolute atomic E-state index is 0.0480. The largest absolute Gasteiger partial charge is 0.417 e. The van der Waals surface area contributed by atoms with Crippen LogP contribution in [0.3, 0.4) is 0 Å². The minimum atomic E-state index is -4.52. The number of amides is 1. The van der Waals surface area contributed by atoms with Gasteiger partial charge in [-0.1, -0.05) is 27.5 Å². The van der Waals surface area contributed by atoms with E-state index in [2.05, 4.69) is 21.2 Å². The fourth-order valence-electron chi connectivity index (χ4n) is 1.60. The van der Waals surface area contributed by atoms with Gasteiger partial charge in [0.15, 0.2) is 0 Å². The third-order valence-electron chi connectivity index (χ3n) is 2.59. The molecule has 0 radical (unpaired) electrons. The SMILES string of the molecule is O=C(NCc1ccc(Cl)s1)c1ccc(Br)c(C(F)(F)F)c1. The minimum Gasteiger partial charge on any atom is -0.347 e. The zero-order valence-electron chi connectivity index (χ0n) is 10.3. The van der Waals surface area contributed by atoms with Crippen molar-refractivity contribution < 1.29 is 18.0 Å². The lowest BCUT2D eigenvalue weighted by atomic mass is 10.1. The van der Waals surface area contributed by atoms with E-state index >= 15 is 0 Å². The summed E-state index contributed by atoms with van der Waals surface area (Å²) in [5, 5.41) is 2.56. The molecule has 0 saturated heterocycles. The van der Waals surface area contributed by atoms with E-state index in [1.54, 1.807) is 12.1 Å². The van der Waals surface area contributed by atoms with Crippen molar-refractivity contribution in [1.82, 2.24) is 5.32 Å². The fourth-order valence-corrected chi connectivity index (χ4v) is 3.10. The number of carbonyl (C=O) groups is 1. The number of halogens is 5. The van der Waals surface area contributed by atoms with Gasteiger partial charge in [0.1, 0.15) is 0 Å². The molecule has 0 aliphatic carbocycles. The summed E-state index contributed by atoms with van der Waals surface area (Å²) in [5.74, 6) is -0.572. The normalized spacial score (nSPS) is 11.5. The number of hydrogen-bond donors (Lipinski definition) is 1. The number of alkyl halides is 3. The maximum absolute atomic E-state index is 12.8. The first kappa shape index (κ1) is 16.3. The van der Waals surface area contributed by atoms with Gasteiger partial charge in [-0.2, -0.15) is 13.2 Å². The Labute approximate surface area is 136 Å². The molecule has 0 bridgehead atoms. The maximum Gasteiger partial charge on any atom is 0.417 e. The van der Waals surface area contributed by atoms with Crippen LogP contribution in [0.15, 0.2) is 34.8 Å². The molecule has 0 aliphatic rings. The molecule has 112 valence electrons. The number of carbonyl (C=O) groups excluding carboxylic acids is 1. The van der Waals surface area contributed by atoms with E-state index in [4.69, 9.17) is 11.6 Å². The van der Waals surface area contributed by atoms with Gasteiger partial charge in [-0.05, 0) is 30.3 Å². The molecule has 21 heavy (non-hydrogen) atoms. The Hall–Kier alpha value is -1.05. The molecule has 2 rings (SSSR count). The Kier molecular flexibility index (Phi) is 4.95. The highest BCUT2D eigenvalue weighted by Gasteiger charge is 2.33. The number of rotatable bonds is 3. The van der Waals surface area contributed by atoms with Gasteiger partial charge in [0.2, 0.25) is 0 Å². The van der Waals surface area contributed by atoms with Crippen molar-refractivity contribution >= 4 is 44.8 Å². The molecule has 0 spiro atoms. The summed E-state index contributed by atoms with van der Waals surface area (Å²) in [6, 6.07) is 6.79. The topological polar surface area (TPSA) is 29.1 Å². The highest BCUT2D eigenvalue weighted by molar-refractivity contribution is 9.10. The van der Waals surface area contributed by atoms with Crippen LogP contribution in [-0.4, -0.2) is 5.91 Å². The molecule has 1 aromatic heterocycles. The Morgan fingerprint density at radius 3 is 2.57 bits per heavy atom. The van der Waals surface area contributed by atoms with Crippen LogP contribution in [0, 0.1) is 0 Å². The fraction of sp³-hybridized carbons (Fsp3) is 0.154. The van der Waals surface area contributed by atoms with E-state index in [9.17, 15) is 18.0 Å². The van der Waals surface area contributed by atoms with E-state index in [1.807, 2.05) is 0 Å². The third kappa shape index (κ3) is 4.21. The van der Waals surface area contributed by atoms with E-state index in [1.165, 1.54) is 23.5 Å². The van der Waals surface area contributed by atoms with E-state index in [-0.39, 0.29) is 16.6 Å². The predicted molar refractivity (Wildman–Crippen MR) is 79.6 cm³/mol. The summed E-state index contributed by atoms with van der Waals surface area (Å²) in [7, 11) is 0. The van der Waals surface area contributed by atoms with Crippen LogP contribution in [0.4, 0.5) is 13.2 Å². The first-order valence-corrected chi connectivity index (χ1v) is 7.65. The lowest BCUT2D eigenvalue weighted by Crippen LogP contribution is -2.23. The van der Waals surface area contributed by atoms with Crippen LogP contribution in [0.25, 0.3) is 0 Å². The molecule has 0 unspecified atom stereocenters. The van der Waals surface area contributed by atoms with Crippen molar-refractivity contribution in [3.8, 4) is 0 Å². The van der Waals surface area contributed by atoms with Crippen LogP contribution in [-0.2, 0) is 12.7 Å². The molecule has 0 fully saturated rings. The van der Waals surface area contributed by atoms with Crippen LogP contribution in [0.1, 0.15) is 20.8 Å². The second-order valence-corrected chi connectivity index (χ2v) is 6.73. The van der Waals surface area contributed by atoms with E-state index in [0.29, 0.717) is 4.34 Å². The Morgan fingerprint density at radius 2 is 2.00 bits per heavy atom. The van der Waals surface area contributed by atoms with Crippen molar-refractivity contribution in [2.75, 3.05) is 0 Å². The molecule has 0 aliphatic heterocycles. The van der Waals surface area contributed by atoms with E-state index < -0.39 is 17.6 Å². The van der Waals surface area contributed by atoms with Crippen molar-refractivity contribution in [3.05, 3.63) is 55.1 Å². The third-order valence-corrected chi connectivity index (χ3v) is 4.51. The van der Waals surface area contributed by atoms with Gasteiger partial charge < -0.3 is 5.32 Å². The van der Waals surface area contributed by atoms with Crippen LogP contribution in [0.5, 0.6) is 0 Å². The quantitative estimate of drug-likeness (QED) is 0.764. The van der Waals surface area contributed by atoms with Gasteiger partial charge in [-0.3, -0.25) is 4.79 Å². The molecule has 2 nitrogen and oxygen atoms in total. The highest BCUT2D eigenvalue weighted by Crippen LogP contribution is 2.35. The highest BCUT2D eigenvalue weighted by atomic mass is 79.9. The average Bonchev–Trinajstić information content (AvgIpc) is 2.81. The number of thiophene rings is 1. The molecular formula is C13H8BrClF3NOS. The lowest BCUT2D eigenvalue weighted by molar-refractivity contribution is -0.138. The summed E-state index contributed by atoms with van der Waals surface area (Å²) in [4.78, 5) is 12.7. The standard InChI is InChI=1S/C13H8BrClF3NOS/c14-10-3-1-7(5-9(10)13(16,17)18)12(20)19-6-8-2-4-11(15)21-8/h1-5H,6H2,(H,19,20). The van der Waals surface area contributed by atoms with Crippen molar-refractivity contribution in [1.29, 1.82) is 0 Å². The summed E-state index contributed by atoms with van der Waals surface area (Å²) in [6.07, 6.45) is -4.52.